The van der Waals surface area contributed by atoms with Crippen molar-refractivity contribution in [3.05, 3.63) is 111 Å². The first kappa shape index (κ1) is 20.5. The van der Waals surface area contributed by atoms with Gasteiger partial charge < -0.3 is 10.2 Å². The number of benzene rings is 3. The Morgan fingerprint density at radius 1 is 0.719 bits per heavy atom. The summed E-state index contributed by atoms with van der Waals surface area (Å²) in [5.74, 6) is 0.319. The summed E-state index contributed by atoms with van der Waals surface area (Å²) in [6, 6.07) is 25.2. The Labute approximate surface area is 199 Å². The van der Waals surface area contributed by atoms with E-state index in [1.165, 1.54) is 3.57 Å². The summed E-state index contributed by atoms with van der Waals surface area (Å²) < 4.78 is 2.88. The molecule has 0 radical (unpaired) electrons. The average Bonchev–Trinajstić information content (AvgIpc) is 3.12. The van der Waals surface area contributed by atoms with Crippen LogP contribution in [0.3, 0.4) is 0 Å². The van der Waals surface area contributed by atoms with Gasteiger partial charge >= 0.3 is 0 Å². The number of fused-ring (bicyclic) bond motifs is 1. The van der Waals surface area contributed by atoms with Crippen LogP contribution in [-0.4, -0.2) is 24.6 Å². The molecule has 5 nitrogen and oxygen atoms in total. The Balaban J connectivity index is 1.63. The van der Waals surface area contributed by atoms with Crippen molar-refractivity contribution in [2.75, 3.05) is 0 Å². The number of rotatable bonds is 5. The minimum absolute atomic E-state index is 0.121. The van der Waals surface area contributed by atoms with Crippen LogP contribution in [0.1, 0.15) is 22.5 Å². The lowest BCUT2D eigenvalue weighted by Gasteiger charge is -2.08. The first-order valence-corrected chi connectivity index (χ1v) is 11.3. The molecule has 2 N–H and O–H groups in total. The van der Waals surface area contributed by atoms with Crippen LogP contribution in [0.2, 0.25) is 0 Å². The predicted molar refractivity (Wildman–Crippen MR) is 133 cm³/mol. The van der Waals surface area contributed by atoms with Gasteiger partial charge in [-0.25, -0.2) is 9.97 Å². The summed E-state index contributed by atoms with van der Waals surface area (Å²) in [5.41, 5.74) is 5.81. The second-order valence-electron chi connectivity index (χ2n) is 7.66. The van der Waals surface area contributed by atoms with Crippen molar-refractivity contribution < 1.29 is 10.2 Å². The monoisotopic (exact) mass is 533 g/mol. The van der Waals surface area contributed by atoms with E-state index >= 15 is 0 Å². The number of aromatic hydroxyl groups is 2. The third-order valence-corrected chi connectivity index (χ3v) is 6.10. The van der Waals surface area contributed by atoms with Gasteiger partial charge in [-0.15, -0.1) is 0 Å². The molecule has 0 amide bonds. The maximum atomic E-state index is 11.0. The maximum absolute atomic E-state index is 11.0. The fraction of sp³-hybridized carbons (Fsp3) is 0.0769. The minimum Gasteiger partial charge on any atom is -0.508 e. The van der Waals surface area contributed by atoms with Crippen LogP contribution in [0.5, 0.6) is 11.6 Å². The van der Waals surface area contributed by atoms with Gasteiger partial charge in [0.05, 0.1) is 11.4 Å². The number of phenolic OH excluding ortho intramolecular Hbond substituents is 1. The van der Waals surface area contributed by atoms with E-state index in [0.717, 1.165) is 22.4 Å². The summed E-state index contributed by atoms with van der Waals surface area (Å²) in [5, 5.41) is 20.7. The van der Waals surface area contributed by atoms with Crippen LogP contribution in [0.4, 0.5) is 0 Å². The van der Waals surface area contributed by atoms with E-state index in [1.54, 1.807) is 22.7 Å². The highest BCUT2D eigenvalue weighted by atomic mass is 127. The number of hydrogen-bond donors (Lipinski definition) is 2. The average molecular weight is 533 g/mol. The second kappa shape index (κ2) is 8.63. The maximum Gasteiger partial charge on any atom is 0.219 e. The molecule has 2 heterocycles. The first-order chi connectivity index (χ1) is 15.6. The third kappa shape index (κ3) is 4.18. The molecule has 5 aromatic rings. The van der Waals surface area contributed by atoms with Gasteiger partial charge in [-0.2, -0.15) is 0 Å². The molecule has 0 saturated heterocycles. The molecule has 0 aliphatic heterocycles. The Kier molecular flexibility index (Phi) is 5.53. The summed E-state index contributed by atoms with van der Waals surface area (Å²) in [6.45, 7) is 0. The van der Waals surface area contributed by atoms with Gasteiger partial charge in [0.1, 0.15) is 11.4 Å². The van der Waals surface area contributed by atoms with Crippen LogP contribution < -0.4 is 0 Å². The van der Waals surface area contributed by atoms with Crippen molar-refractivity contribution in [1.29, 1.82) is 0 Å². The molecule has 0 atom stereocenters. The zero-order chi connectivity index (χ0) is 22.1. The van der Waals surface area contributed by atoms with E-state index in [-0.39, 0.29) is 11.6 Å². The highest BCUT2D eigenvalue weighted by Gasteiger charge is 2.18. The number of phenols is 1. The highest BCUT2D eigenvalue weighted by molar-refractivity contribution is 14.1. The van der Waals surface area contributed by atoms with Crippen LogP contribution in [0.25, 0.3) is 16.9 Å². The van der Waals surface area contributed by atoms with E-state index in [0.29, 0.717) is 29.9 Å². The van der Waals surface area contributed by atoms with Crippen LogP contribution in [0, 0.1) is 3.57 Å². The number of aromatic nitrogens is 3. The molecule has 6 heteroatoms. The fourth-order valence-electron chi connectivity index (χ4n) is 3.74. The van der Waals surface area contributed by atoms with Gasteiger partial charge in [0.2, 0.25) is 5.88 Å². The molecular formula is C26H20IN3O2. The molecule has 158 valence electrons. The zero-order valence-electron chi connectivity index (χ0n) is 17.1. The van der Waals surface area contributed by atoms with Crippen LogP contribution >= 0.6 is 22.6 Å². The molecule has 0 spiro atoms. The molecular weight excluding hydrogens is 513 g/mol. The molecule has 0 unspecified atom stereocenters. The summed E-state index contributed by atoms with van der Waals surface area (Å²) in [7, 11) is 0. The predicted octanol–water partition coefficient (Wildman–Crippen LogP) is 5.59. The van der Waals surface area contributed by atoms with E-state index in [9.17, 15) is 10.2 Å². The van der Waals surface area contributed by atoms with Crippen molar-refractivity contribution >= 4 is 28.2 Å². The number of nitrogens with zero attached hydrogens (tertiary/aromatic N) is 3. The highest BCUT2D eigenvalue weighted by Crippen LogP contribution is 2.29. The summed E-state index contributed by atoms with van der Waals surface area (Å²) in [6.07, 6.45) is 2.93. The molecule has 5 rings (SSSR count). The molecule has 0 fully saturated rings. The first-order valence-electron chi connectivity index (χ1n) is 10.2. The lowest BCUT2D eigenvalue weighted by molar-refractivity contribution is 0.442. The Morgan fingerprint density at radius 3 is 2.09 bits per heavy atom. The van der Waals surface area contributed by atoms with Crippen molar-refractivity contribution in [2.45, 2.75) is 12.8 Å². The molecule has 0 bridgehead atoms. The van der Waals surface area contributed by atoms with Gasteiger partial charge in [-0.3, -0.25) is 4.40 Å². The molecule has 0 aliphatic rings. The Morgan fingerprint density at radius 2 is 1.38 bits per heavy atom. The van der Waals surface area contributed by atoms with Gasteiger partial charge in [0.15, 0.2) is 5.65 Å². The lowest BCUT2D eigenvalue weighted by Crippen LogP contribution is -2.00. The summed E-state index contributed by atoms with van der Waals surface area (Å²) in [4.78, 5) is 9.68. The van der Waals surface area contributed by atoms with E-state index in [4.69, 9.17) is 9.97 Å². The van der Waals surface area contributed by atoms with Gasteiger partial charge in [-0.1, -0.05) is 42.5 Å². The van der Waals surface area contributed by atoms with Gasteiger partial charge in [0, 0.05) is 28.2 Å². The van der Waals surface area contributed by atoms with Gasteiger partial charge in [-0.05, 0) is 70.1 Å². The van der Waals surface area contributed by atoms with Crippen LogP contribution in [-0.2, 0) is 12.8 Å². The van der Waals surface area contributed by atoms with E-state index in [2.05, 4.69) is 46.9 Å². The quantitative estimate of drug-likeness (QED) is 0.289. The molecule has 0 saturated carbocycles. The molecule has 2 aromatic heterocycles. The minimum atomic E-state index is 0.121. The molecule has 3 aromatic carbocycles. The Hall–Kier alpha value is -3.39. The second-order valence-corrected chi connectivity index (χ2v) is 8.91. The van der Waals surface area contributed by atoms with Crippen molar-refractivity contribution in [2.24, 2.45) is 0 Å². The Bertz CT molecular complexity index is 1380. The SMILES string of the molecule is Oc1ccc(-c2cn3c(O)c(Cc4ccc(I)cc4)nc3c(Cc3ccccc3)n2)cc1. The number of imidazole rings is 1. The summed E-state index contributed by atoms with van der Waals surface area (Å²) >= 11 is 2.28. The van der Waals surface area contributed by atoms with Crippen LogP contribution in [0.15, 0.2) is 85.1 Å². The zero-order valence-corrected chi connectivity index (χ0v) is 19.3. The molecule has 32 heavy (non-hydrogen) atoms. The normalized spacial score (nSPS) is 11.2. The van der Waals surface area contributed by atoms with Gasteiger partial charge in [0.25, 0.3) is 0 Å². The molecule has 0 aliphatic carbocycles. The van der Waals surface area contributed by atoms with Crippen molar-refractivity contribution in [1.82, 2.24) is 14.4 Å². The largest absolute Gasteiger partial charge is 0.508 e. The van der Waals surface area contributed by atoms with E-state index in [1.807, 2.05) is 42.5 Å². The third-order valence-electron chi connectivity index (χ3n) is 5.38. The lowest BCUT2D eigenvalue weighted by atomic mass is 10.1. The number of halogens is 1. The topological polar surface area (TPSA) is 70.7 Å². The smallest absolute Gasteiger partial charge is 0.219 e. The van der Waals surface area contributed by atoms with Crippen molar-refractivity contribution in [3.63, 3.8) is 0 Å². The number of hydrogen-bond acceptors (Lipinski definition) is 4. The fourth-order valence-corrected chi connectivity index (χ4v) is 4.10. The van der Waals surface area contributed by atoms with Crippen molar-refractivity contribution in [3.8, 4) is 22.9 Å². The standard InChI is InChI=1S/C26H20IN3O2/c27-20-10-6-18(7-11-20)15-23-26(32)30-16-24(19-8-12-21(31)13-9-19)28-22(25(30)29-23)14-17-4-2-1-3-5-17/h1-13,16,31-32H,14-15H2. The van der Waals surface area contributed by atoms with E-state index < -0.39 is 0 Å².